The van der Waals surface area contributed by atoms with E-state index in [9.17, 15) is 19.7 Å². The van der Waals surface area contributed by atoms with Gasteiger partial charge in [-0.3, -0.25) is 4.79 Å². The first kappa shape index (κ1) is 30.1. The summed E-state index contributed by atoms with van der Waals surface area (Å²) in [6.07, 6.45) is 0.805. The molecule has 0 unspecified atom stereocenters. The van der Waals surface area contributed by atoms with Crippen LogP contribution in [0, 0.1) is 30.0 Å². The SMILES string of the molecule is CC(=O)[C+](C)N=O.COc1ccc(-c2oc(C)c(C)[n+]2[O-])cc1.COc1ccc(C=O)cc1.Cl. The van der Waals surface area contributed by atoms with Crippen LogP contribution in [-0.2, 0) is 4.79 Å². The van der Waals surface area contributed by atoms with Gasteiger partial charge in [-0.2, -0.15) is 0 Å². The van der Waals surface area contributed by atoms with E-state index in [1.54, 1.807) is 76.6 Å². The average Bonchev–Trinajstić information content (AvgIpc) is 3.11. The van der Waals surface area contributed by atoms with Gasteiger partial charge in [0, 0.05) is 26.3 Å². The van der Waals surface area contributed by atoms with Crippen LogP contribution in [0.4, 0.5) is 0 Å². The normalized spacial score (nSPS) is 9.12. The summed E-state index contributed by atoms with van der Waals surface area (Å²) in [6, 6.07) is 14.1. The van der Waals surface area contributed by atoms with Crippen molar-refractivity contribution in [3.8, 4) is 23.0 Å². The van der Waals surface area contributed by atoms with Crippen LogP contribution in [0.1, 0.15) is 35.7 Å². The van der Waals surface area contributed by atoms with Gasteiger partial charge >= 0.3 is 17.7 Å². The molecule has 182 valence electrons. The Bertz CT molecular complexity index is 1050. The molecule has 10 heteroatoms. The number of rotatable bonds is 6. The van der Waals surface area contributed by atoms with E-state index in [0.717, 1.165) is 28.1 Å². The molecule has 0 saturated heterocycles. The summed E-state index contributed by atoms with van der Waals surface area (Å²) in [7, 11) is 3.19. The van der Waals surface area contributed by atoms with Gasteiger partial charge in [-0.25, -0.2) is 4.79 Å². The fourth-order valence-electron chi connectivity index (χ4n) is 2.21. The number of nitroso groups, excluding NO2 is 1. The lowest BCUT2D eigenvalue weighted by Crippen LogP contribution is -2.29. The number of carbonyl (C=O) groups excluding carboxylic acids is 2. The molecule has 0 aliphatic carbocycles. The van der Waals surface area contributed by atoms with Crippen molar-refractivity contribution in [1.29, 1.82) is 0 Å². The van der Waals surface area contributed by atoms with E-state index in [0.29, 0.717) is 22.9 Å². The Morgan fingerprint density at radius 3 is 1.79 bits per heavy atom. The summed E-state index contributed by atoms with van der Waals surface area (Å²) in [5, 5.41) is 14.1. The van der Waals surface area contributed by atoms with Crippen LogP contribution in [0.15, 0.2) is 58.1 Å². The predicted molar refractivity (Wildman–Crippen MR) is 130 cm³/mol. The topological polar surface area (TPSA) is 122 Å². The second kappa shape index (κ2) is 15.1. The van der Waals surface area contributed by atoms with Crippen molar-refractivity contribution in [2.75, 3.05) is 14.2 Å². The summed E-state index contributed by atoms with van der Waals surface area (Å²) in [5.41, 5.74) is 2.00. The molecule has 3 rings (SSSR count). The Labute approximate surface area is 204 Å². The Hall–Kier alpha value is -3.85. The van der Waals surface area contributed by atoms with Crippen molar-refractivity contribution >= 4 is 24.5 Å². The van der Waals surface area contributed by atoms with Crippen LogP contribution < -0.4 is 14.2 Å². The zero-order valence-electron chi connectivity index (χ0n) is 19.9. The van der Waals surface area contributed by atoms with Crippen molar-refractivity contribution in [1.82, 2.24) is 0 Å². The number of aldehydes is 1. The number of carbonyl (C=O) groups is 2. The molecule has 0 radical (unpaired) electrons. The second-order valence-corrected chi connectivity index (χ2v) is 6.70. The number of hydrogen-bond acceptors (Lipinski definition) is 8. The van der Waals surface area contributed by atoms with E-state index in [2.05, 4.69) is 5.18 Å². The molecule has 0 amide bonds. The molecule has 0 N–H and O–H groups in total. The Kier molecular flexibility index (Phi) is 13.4. The lowest BCUT2D eigenvalue weighted by molar-refractivity contribution is -0.602. The number of benzene rings is 2. The molecule has 0 bridgehead atoms. The van der Waals surface area contributed by atoms with Crippen molar-refractivity contribution in [3.05, 3.63) is 81.7 Å². The quantitative estimate of drug-likeness (QED) is 0.156. The molecule has 0 aliphatic rings. The maximum absolute atomic E-state index is 11.7. The largest absolute Gasteiger partial charge is 0.616 e. The van der Waals surface area contributed by atoms with Crippen molar-refractivity contribution in [3.63, 3.8) is 0 Å². The van der Waals surface area contributed by atoms with Gasteiger partial charge in [0.25, 0.3) is 0 Å². The summed E-state index contributed by atoms with van der Waals surface area (Å²) in [6.45, 7) is 6.20. The molecule has 3 aromatic rings. The van der Waals surface area contributed by atoms with Crippen LogP contribution in [0.25, 0.3) is 11.5 Å². The molecule has 0 spiro atoms. The highest BCUT2D eigenvalue weighted by Gasteiger charge is 2.21. The van der Waals surface area contributed by atoms with Crippen LogP contribution in [-0.4, -0.2) is 26.3 Å². The van der Waals surface area contributed by atoms with E-state index in [4.69, 9.17) is 13.9 Å². The number of ketones is 1. The molecule has 34 heavy (non-hydrogen) atoms. The molecule has 1 aromatic heterocycles. The third kappa shape index (κ3) is 8.95. The lowest BCUT2D eigenvalue weighted by atomic mass is 10.2. The van der Waals surface area contributed by atoms with E-state index >= 15 is 0 Å². The Morgan fingerprint density at radius 1 is 1.03 bits per heavy atom. The van der Waals surface area contributed by atoms with Crippen LogP contribution in [0.3, 0.4) is 0 Å². The van der Waals surface area contributed by atoms with Crippen LogP contribution in [0.5, 0.6) is 11.5 Å². The molecule has 0 saturated carbocycles. The van der Waals surface area contributed by atoms with Gasteiger partial charge in [0.1, 0.15) is 24.7 Å². The zero-order chi connectivity index (χ0) is 25.0. The zero-order valence-corrected chi connectivity index (χ0v) is 20.7. The van der Waals surface area contributed by atoms with Gasteiger partial charge in [0.15, 0.2) is 10.9 Å². The van der Waals surface area contributed by atoms with Crippen molar-refractivity contribution < 1.29 is 28.2 Å². The Morgan fingerprint density at radius 2 is 1.50 bits per heavy atom. The number of aromatic nitrogens is 1. The minimum absolute atomic E-state index is 0. The number of oxazole rings is 1. The van der Waals surface area contributed by atoms with E-state index in [-0.39, 0.29) is 24.2 Å². The van der Waals surface area contributed by atoms with Gasteiger partial charge in [0.05, 0.1) is 19.8 Å². The lowest BCUT2D eigenvalue weighted by Gasteiger charge is -2.00. The minimum atomic E-state index is -0.269. The van der Waals surface area contributed by atoms with E-state index in [1.165, 1.54) is 13.8 Å². The van der Waals surface area contributed by atoms with Crippen LogP contribution >= 0.6 is 12.4 Å². The number of nitrogens with zero attached hydrogens (tertiary/aromatic N) is 2. The first-order chi connectivity index (χ1) is 15.7. The summed E-state index contributed by atoms with van der Waals surface area (Å²) >= 11 is 0. The average molecular weight is 492 g/mol. The first-order valence-corrected chi connectivity index (χ1v) is 9.79. The monoisotopic (exact) mass is 491 g/mol. The van der Waals surface area contributed by atoms with E-state index < -0.39 is 0 Å². The number of aryl methyl sites for hydroxylation is 1. The van der Waals surface area contributed by atoms with Crippen LogP contribution in [0.2, 0.25) is 0 Å². The molecular weight excluding hydrogens is 464 g/mol. The van der Waals surface area contributed by atoms with Gasteiger partial charge in [0.2, 0.25) is 5.69 Å². The molecule has 9 nitrogen and oxygen atoms in total. The van der Waals surface area contributed by atoms with Crippen molar-refractivity contribution in [2.45, 2.75) is 27.7 Å². The molecule has 2 aromatic carbocycles. The highest BCUT2D eigenvalue weighted by atomic mass is 35.5. The van der Waals surface area contributed by atoms with Gasteiger partial charge < -0.3 is 19.1 Å². The first-order valence-electron chi connectivity index (χ1n) is 9.79. The molecule has 0 aliphatic heterocycles. The third-order valence-corrected chi connectivity index (χ3v) is 4.48. The number of hydrogen-bond donors (Lipinski definition) is 0. The second-order valence-electron chi connectivity index (χ2n) is 6.70. The van der Waals surface area contributed by atoms with Gasteiger partial charge in [-0.1, -0.05) is 0 Å². The highest BCUT2D eigenvalue weighted by Crippen LogP contribution is 2.22. The Balaban J connectivity index is 0.000000522. The maximum Gasteiger partial charge on any atom is 0.392 e. The minimum Gasteiger partial charge on any atom is -0.616 e. The fraction of sp³-hybridized carbons (Fsp3) is 0.250. The molecule has 1 heterocycles. The van der Waals surface area contributed by atoms with Gasteiger partial charge in [-0.05, 0) is 48.5 Å². The molecule has 0 fully saturated rings. The summed E-state index contributed by atoms with van der Waals surface area (Å²) < 4.78 is 16.2. The standard InChI is InChI=1S/C12H13NO3.C8H8O2.C4H6NO2.ClH/c1-8-9(2)16-12(13(8)14)10-4-6-11(15-3)7-5-10;1-10-8-4-2-7(6-9)3-5-8;1-3(5-7)4(2)6;/h4-7H,1-3H3;2-6H,1H3;1-2H3;1H/q;;+1;. The third-order valence-electron chi connectivity index (χ3n) is 4.48. The molecular formula is C24H28ClN2O7+. The van der Waals surface area contributed by atoms with Crippen molar-refractivity contribution in [2.24, 2.45) is 5.18 Å². The summed E-state index contributed by atoms with van der Waals surface area (Å²) in [5.74, 6) is 2.21. The smallest absolute Gasteiger partial charge is 0.392 e. The van der Waals surface area contributed by atoms with Gasteiger partial charge in [-0.15, -0.1) is 22.0 Å². The number of halogens is 1. The number of ether oxygens (including phenoxy) is 2. The highest BCUT2D eigenvalue weighted by molar-refractivity contribution is 5.88. The fourth-order valence-corrected chi connectivity index (χ4v) is 2.21. The molecule has 0 atom stereocenters. The van der Waals surface area contributed by atoms with E-state index in [1.807, 2.05) is 0 Å². The number of methoxy groups -OCH3 is 2. The maximum atomic E-state index is 11.7. The predicted octanol–water partition coefficient (Wildman–Crippen LogP) is 5.03. The summed E-state index contributed by atoms with van der Waals surface area (Å²) in [4.78, 5) is 29.6. The number of Topliss-reactive ketones (excluding diaryl/α,β-unsaturated/α-hetero) is 1.